The van der Waals surface area contributed by atoms with Crippen LogP contribution < -0.4 is 10.5 Å². The average Bonchev–Trinajstić information content (AvgIpc) is 2.26. The van der Waals surface area contributed by atoms with Crippen molar-refractivity contribution in [2.45, 2.75) is 31.5 Å². The highest BCUT2D eigenvalue weighted by atomic mass is 19.4. The monoisotopic (exact) mass is 245 g/mol. The van der Waals surface area contributed by atoms with Crippen LogP contribution >= 0.6 is 0 Å². The van der Waals surface area contributed by atoms with Crippen LogP contribution in [0.1, 0.15) is 30.0 Å². The Kier molecular flexibility index (Phi) is 3.28. The van der Waals surface area contributed by atoms with Crippen molar-refractivity contribution in [2.24, 2.45) is 5.73 Å². The van der Waals surface area contributed by atoms with Crippen LogP contribution in [0.2, 0.25) is 0 Å². The van der Waals surface area contributed by atoms with Gasteiger partial charge in [-0.25, -0.2) is 0 Å². The lowest BCUT2D eigenvalue weighted by Crippen LogP contribution is -2.20. The second-order valence-corrected chi connectivity index (χ2v) is 4.26. The summed E-state index contributed by atoms with van der Waals surface area (Å²) in [5.74, 6) is 0.235. The number of nitrogens with two attached hydrogens (primary N) is 1. The average molecular weight is 245 g/mol. The van der Waals surface area contributed by atoms with Crippen LogP contribution in [-0.2, 0) is 6.42 Å². The highest BCUT2D eigenvalue weighted by Gasteiger charge is 2.28. The predicted octanol–water partition coefficient (Wildman–Crippen LogP) is 2.96. The minimum Gasteiger partial charge on any atom is -0.484 e. The first-order valence-electron chi connectivity index (χ1n) is 5.54. The normalized spacial score (nSPS) is 19.9. The van der Waals surface area contributed by atoms with Crippen molar-refractivity contribution < 1.29 is 17.9 Å². The van der Waals surface area contributed by atoms with Crippen molar-refractivity contribution in [3.05, 3.63) is 29.3 Å². The third-order valence-electron chi connectivity index (χ3n) is 2.88. The number of hydrogen-bond acceptors (Lipinski definition) is 2. The minimum absolute atomic E-state index is 0.0896. The molecule has 0 radical (unpaired) electrons. The van der Waals surface area contributed by atoms with Gasteiger partial charge in [0.15, 0.2) is 6.61 Å². The Morgan fingerprint density at radius 1 is 1.35 bits per heavy atom. The van der Waals surface area contributed by atoms with E-state index in [-0.39, 0.29) is 11.8 Å². The summed E-state index contributed by atoms with van der Waals surface area (Å²) in [6.45, 7) is -1.26. The molecule has 0 aromatic heterocycles. The zero-order chi connectivity index (χ0) is 12.5. The van der Waals surface area contributed by atoms with Gasteiger partial charge in [-0.2, -0.15) is 13.2 Å². The lowest BCUT2D eigenvalue weighted by molar-refractivity contribution is -0.153. The zero-order valence-electron chi connectivity index (χ0n) is 9.26. The molecule has 1 aromatic rings. The number of fused-ring (bicyclic) bond motifs is 1. The Balaban J connectivity index is 2.12. The summed E-state index contributed by atoms with van der Waals surface area (Å²) in [5.41, 5.74) is 7.95. The van der Waals surface area contributed by atoms with Gasteiger partial charge in [-0.05, 0) is 42.5 Å². The topological polar surface area (TPSA) is 35.2 Å². The standard InChI is InChI=1S/C12H14F3NO/c13-12(14,15)7-17-9-5-4-8-2-1-3-11(16)10(8)6-9/h4-6,11H,1-3,7,16H2. The molecule has 1 unspecified atom stereocenters. The van der Waals surface area contributed by atoms with Gasteiger partial charge in [0.25, 0.3) is 0 Å². The molecule has 2 N–H and O–H groups in total. The maximum atomic E-state index is 12.0. The van der Waals surface area contributed by atoms with Gasteiger partial charge in [-0.1, -0.05) is 6.07 Å². The summed E-state index contributed by atoms with van der Waals surface area (Å²) in [5, 5.41) is 0. The molecule has 0 bridgehead atoms. The Hall–Kier alpha value is -1.23. The number of rotatable bonds is 2. The van der Waals surface area contributed by atoms with Gasteiger partial charge in [0.05, 0.1) is 0 Å². The molecular formula is C12H14F3NO. The van der Waals surface area contributed by atoms with Crippen molar-refractivity contribution in [1.29, 1.82) is 0 Å². The first kappa shape index (κ1) is 12.2. The summed E-state index contributed by atoms with van der Waals surface area (Å²) in [6.07, 6.45) is -1.48. The highest BCUT2D eigenvalue weighted by Crippen LogP contribution is 2.31. The Labute approximate surface area is 97.6 Å². The van der Waals surface area contributed by atoms with Crippen LogP contribution in [0.15, 0.2) is 18.2 Å². The van der Waals surface area contributed by atoms with Crippen molar-refractivity contribution in [3.63, 3.8) is 0 Å². The molecule has 1 aliphatic rings. The molecule has 1 atom stereocenters. The van der Waals surface area contributed by atoms with Crippen LogP contribution in [-0.4, -0.2) is 12.8 Å². The quantitative estimate of drug-likeness (QED) is 0.869. The first-order chi connectivity index (χ1) is 7.96. The van der Waals surface area contributed by atoms with Crippen molar-refractivity contribution in [1.82, 2.24) is 0 Å². The van der Waals surface area contributed by atoms with E-state index in [0.717, 1.165) is 30.4 Å². The molecular weight excluding hydrogens is 231 g/mol. The van der Waals surface area contributed by atoms with Crippen LogP contribution in [0.5, 0.6) is 5.75 Å². The van der Waals surface area contributed by atoms with Crippen LogP contribution in [0.3, 0.4) is 0 Å². The highest BCUT2D eigenvalue weighted by molar-refractivity contribution is 5.39. The van der Waals surface area contributed by atoms with Gasteiger partial charge in [-0.3, -0.25) is 0 Å². The van der Waals surface area contributed by atoms with Gasteiger partial charge in [0.1, 0.15) is 5.75 Å². The molecule has 5 heteroatoms. The van der Waals surface area contributed by atoms with E-state index in [1.54, 1.807) is 18.2 Å². The number of halogens is 3. The van der Waals surface area contributed by atoms with Crippen LogP contribution in [0.4, 0.5) is 13.2 Å². The molecule has 1 aromatic carbocycles. The molecule has 1 aliphatic carbocycles. The summed E-state index contributed by atoms with van der Waals surface area (Å²) in [7, 11) is 0. The molecule has 2 rings (SSSR count). The van der Waals surface area contributed by atoms with Gasteiger partial charge < -0.3 is 10.5 Å². The van der Waals surface area contributed by atoms with E-state index in [9.17, 15) is 13.2 Å². The van der Waals surface area contributed by atoms with Gasteiger partial charge in [0, 0.05) is 6.04 Å². The van der Waals surface area contributed by atoms with Crippen molar-refractivity contribution >= 4 is 0 Å². The largest absolute Gasteiger partial charge is 0.484 e. The molecule has 0 heterocycles. The number of aryl methyl sites for hydroxylation is 1. The van der Waals surface area contributed by atoms with E-state index < -0.39 is 12.8 Å². The Morgan fingerprint density at radius 3 is 2.82 bits per heavy atom. The maximum absolute atomic E-state index is 12.0. The fourth-order valence-electron chi connectivity index (χ4n) is 2.07. The molecule has 0 amide bonds. The third kappa shape index (κ3) is 3.12. The molecule has 0 saturated carbocycles. The van der Waals surface area contributed by atoms with E-state index in [4.69, 9.17) is 10.5 Å². The van der Waals surface area contributed by atoms with E-state index in [1.165, 1.54) is 0 Å². The molecule has 0 fully saturated rings. The van der Waals surface area contributed by atoms with E-state index in [1.807, 2.05) is 0 Å². The SMILES string of the molecule is NC1CCCc2ccc(OCC(F)(F)F)cc21. The minimum atomic E-state index is -4.31. The van der Waals surface area contributed by atoms with Gasteiger partial charge in [-0.15, -0.1) is 0 Å². The number of hydrogen-bond donors (Lipinski definition) is 1. The lowest BCUT2D eigenvalue weighted by Gasteiger charge is -2.22. The molecule has 0 aliphatic heterocycles. The lowest BCUT2D eigenvalue weighted by atomic mass is 9.88. The van der Waals surface area contributed by atoms with Gasteiger partial charge in [0.2, 0.25) is 0 Å². The van der Waals surface area contributed by atoms with Crippen molar-refractivity contribution in [3.8, 4) is 5.75 Å². The molecule has 0 saturated heterocycles. The van der Waals surface area contributed by atoms with Crippen LogP contribution in [0, 0.1) is 0 Å². The van der Waals surface area contributed by atoms with Crippen LogP contribution in [0.25, 0.3) is 0 Å². The zero-order valence-corrected chi connectivity index (χ0v) is 9.26. The Bertz CT molecular complexity index is 403. The molecule has 2 nitrogen and oxygen atoms in total. The number of ether oxygens (including phenoxy) is 1. The first-order valence-corrected chi connectivity index (χ1v) is 5.54. The summed E-state index contributed by atoms with van der Waals surface area (Å²) < 4.78 is 40.7. The summed E-state index contributed by atoms with van der Waals surface area (Å²) in [6, 6.07) is 4.92. The predicted molar refractivity (Wildman–Crippen MR) is 57.9 cm³/mol. The second-order valence-electron chi connectivity index (χ2n) is 4.26. The fraction of sp³-hybridized carbons (Fsp3) is 0.500. The van der Waals surface area contributed by atoms with E-state index in [2.05, 4.69) is 0 Å². The van der Waals surface area contributed by atoms with E-state index >= 15 is 0 Å². The molecule has 0 spiro atoms. The smallest absolute Gasteiger partial charge is 0.422 e. The number of benzene rings is 1. The number of alkyl halides is 3. The van der Waals surface area contributed by atoms with E-state index in [0.29, 0.717) is 0 Å². The fourth-order valence-corrected chi connectivity index (χ4v) is 2.07. The maximum Gasteiger partial charge on any atom is 0.422 e. The molecule has 17 heavy (non-hydrogen) atoms. The second kappa shape index (κ2) is 4.56. The summed E-state index contributed by atoms with van der Waals surface area (Å²) in [4.78, 5) is 0. The third-order valence-corrected chi connectivity index (χ3v) is 2.88. The molecule has 94 valence electrons. The van der Waals surface area contributed by atoms with Gasteiger partial charge >= 0.3 is 6.18 Å². The van der Waals surface area contributed by atoms with Crippen molar-refractivity contribution in [2.75, 3.05) is 6.61 Å². The Morgan fingerprint density at radius 2 is 2.12 bits per heavy atom. The summed E-state index contributed by atoms with van der Waals surface area (Å²) >= 11 is 0.